The monoisotopic (exact) mass is 428 g/mol. The van der Waals surface area contributed by atoms with Crippen LogP contribution >= 0.6 is 0 Å². The van der Waals surface area contributed by atoms with Crippen molar-refractivity contribution in [3.63, 3.8) is 0 Å². The fraction of sp³-hybridized carbons (Fsp3) is 0.316. The molecule has 0 atom stereocenters. The number of nitrogens with zero attached hydrogens (tertiary/aromatic N) is 2. The summed E-state index contributed by atoms with van der Waals surface area (Å²) in [7, 11) is 0. The van der Waals surface area contributed by atoms with E-state index in [1.807, 2.05) is 0 Å². The van der Waals surface area contributed by atoms with Crippen LogP contribution in [0.3, 0.4) is 0 Å². The van der Waals surface area contributed by atoms with Gasteiger partial charge in [-0.15, -0.1) is 0 Å². The number of primary amides is 1. The molecule has 0 unspecified atom stereocenters. The Morgan fingerprint density at radius 2 is 1.93 bits per heavy atom. The molecule has 2 aromatic rings. The number of hydrogen-bond donors (Lipinski definition) is 2. The van der Waals surface area contributed by atoms with Crippen molar-refractivity contribution in [1.29, 1.82) is 0 Å². The zero-order chi connectivity index (χ0) is 22.1. The summed E-state index contributed by atoms with van der Waals surface area (Å²) in [4.78, 5) is 28.8. The molecule has 3 N–H and O–H groups in total. The maximum atomic E-state index is 13.8. The minimum atomic E-state index is -4.78. The minimum absolute atomic E-state index is 0.0749. The van der Waals surface area contributed by atoms with E-state index in [4.69, 9.17) is 5.73 Å². The Labute approximate surface area is 167 Å². The standard InChI is InChI=1S/C19H17F5N4O2/c20-18(21)5-2-6-28(10-18)16-14(8-12(9-26-16)19(22,23)24)17(30)27-13-4-1-3-11(7-13)15(25)29/h1,3-4,7-9H,2,5-6,10H2,(H2,25,29)(H,27,30). The lowest BCUT2D eigenvalue weighted by molar-refractivity contribution is -0.137. The molecular formula is C19H17F5N4O2. The highest BCUT2D eigenvalue weighted by molar-refractivity contribution is 6.08. The fourth-order valence-corrected chi connectivity index (χ4v) is 3.13. The van der Waals surface area contributed by atoms with Crippen molar-refractivity contribution in [3.8, 4) is 0 Å². The molecule has 0 saturated carbocycles. The number of halogens is 5. The summed E-state index contributed by atoms with van der Waals surface area (Å²) in [6.07, 6.45) is -4.53. The van der Waals surface area contributed by atoms with Gasteiger partial charge in [-0.1, -0.05) is 6.07 Å². The van der Waals surface area contributed by atoms with Gasteiger partial charge < -0.3 is 16.0 Å². The average Bonchev–Trinajstić information content (AvgIpc) is 2.66. The molecule has 1 fully saturated rings. The lowest BCUT2D eigenvalue weighted by Gasteiger charge is -2.34. The van der Waals surface area contributed by atoms with Crippen molar-refractivity contribution in [2.75, 3.05) is 23.3 Å². The summed E-state index contributed by atoms with van der Waals surface area (Å²) in [6.45, 7) is -0.645. The van der Waals surface area contributed by atoms with E-state index in [9.17, 15) is 31.5 Å². The third kappa shape index (κ3) is 4.84. The summed E-state index contributed by atoms with van der Waals surface area (Å²) < 4.78 is 67.1. The number of rotatable bonds is 4. The van der Waals surface area contributed by atoms with Crippen LogP contribution in [0.4, 0.5) is 33.5 Å². The quantitative estimate of drug-likeness (QED) is 0.728. The first-order valence-electron chi connectivity index (χ1n) is 8.87. The molecule has 6 nitrogen and oxygen atoms in total. The van der Waals surface area contributed by atoms with Gasteiger partial charge in [-0.2, -0.15) is 13.2 Å². The number of amides is 2. The number of carbonyl (C=O) groups excluding carboxylic acids is 2. The molecule has 3 rings (SSSR count). The first-order valence-corrected chi connectivity index (χ1v) is 8.87. The highest BCUT2D eigenvalue weighted by atomic mass is 19.4. The maximum absolute atomic E-state index is 13.8. The molecule has 2 amide bonds. The van der Waals surface area contributed by atoms with E-state index in [-0.39, 0.29) is 36.5 Å². The zero-order valence-corrected chi connectivity index (χ0v) is 15.5. The highest BCUT2D eigenvalue weighted by Crippen LogP contribution is 2.34. The minimum Gasteiger partial charge on any atom is -0.366 e. The van der Waals surface area contributed by atoms with Crippen molar-refractivity contribution in [3.05, 3.63) is 53.2 Å². The molecule has 0 spiro atoms. The van der Waals surface area contributed by atoms with Crippen molar-refractivity contribution < 1.29 is 31.5 Å². The zero-order valence-electron chi connectivity index (χ0n) is 15.5. The van der Waals surface area contributed by atoms with E-state index < -0.39 is 41.6 Å². The number of pyridine rings is 1. The third-order valence-corrected chi connectivity index (χ3v) is 4.54. The Balaban J connectivity index is 1.98. The lowest BCUT2D eigenvalue weighted by Crippen LogP contribution is -2.43. The SMILES string of the molecule is NC(=O)c1cccc(NC(=O)c2cc(C(F)(F)F)cnc2N2CCCC(F)(F)C2)c1. The maximum Gasteiger partial charge on any atom is 0.417 e. The number of nitrogens with one attached hydrogen (secondary N) is 1. The van der Waals surface area contributed by atoms with Crippen molar-refractivity contribution in [2.45, 2.75) is 24.9 Å². The van der Waals surface area contributed by atoms with Crippen LogP contribution in [0.25, 0.3) is 0 Å². The van der Waals surface area contributed by atoms with E-state index in [0.29, 0.717) is 12.3 Å². The topological polar surface area (TPSA) is 88.3 Å². The largest absolute Gasteiger partial charge is 0.417 e. The predicted octanol–water partition coefficient (Wildman–Crippen LogP) is 3.69. The van der Waals surface area contributed by atoms with Crippen LogP contribution in [-0.2, 0) is 6.18 Å². The van der Waals surface area contributed by atoms with Crippen LogP contribution in [-0.4, -0.2) is 35.8 Å². The summed E-state index contributed by atoms with van der Waals surface area (Å²) >= 11 is 0. The Morgan fingerprint density at radius 1 is 1.20 bits per heavy atom. The summed E-state index contributed by atoms with van der Waals surface area (Å²) in [6, 6.07) is 6.04. The van der Waals surface area contributed by atoms with Gasteiger partial charge >= 0.3 is 6.18 Å². The molecule has 2 heterocycles. The Hall–Kier alpha value is -3.24. The number of alkyl halides is 5. The van der Waals surface area contributed by atoms with Gasteiger partial charge in [0.1, 0.15) is 5.82 Å². The molecule has 30 heavy (non-hydrogen) atoms. The molecule has 0 radical (unpaired) electrons. The predicted molar refractivity (Wildman–Crippen MR) is 98.5 cm³/mol. The number of nitrogens with two attached hydrogens (primary N) is 1. The molecule has 11 heteroatoms. The van der Waals surface area contributed by atoms with Crippen molar-refractivity contribution in [1.82, 2.24) is 4.98 Å². The molecular weight excluding hydrogens is 411 g/mol. The lowest BCUT2D eigenvalue weighted by atomic mass is 10.1. The van der Waals surface area contributed by atoms with Crippen LogP contribution in [0.15, 0.2) is 36.5 Å². The van der Waals surface area contributed by atoms with Crippen LogP contribution in [0.5, 0.6) is 0 Å². The molecule has 160 valence electrons. The first kappa shape index (κ1) is 21.5. The molecule has 0 aliphatic carbocycles. The van der Waals surface area contributed by atoms with Gasteiger partial charge in [-0.3, -0.25) is 9.59 Å². The molecule has 0 bridgehead atoms. The molecule has 1 aromatic heterocycles. The van der Waals surface area contributed by atoms with Gasteiger partial charge in [-0.25, -0.2) is 13.8 Å². The summed E-state index contributed by atoms with van der Waals surface area (Å²) in [5.41, 5.74) is 3.65. The smallest absolute Gasteiger partial charge is 0.366 e. The molecule has 1 saturated heterocycles. The molecule has 1 aliphatic rings. The number of carbonyl (C=O) groups is 2. The number of aromatic nitrogens is 1. The van der Waals surface area contributed by atoms with Gasteiger partial charge in [0.15, 0.2) is 0 Å². The third-order valence-electron chi connectivity index (χ3n) is 4.54. The number of hydrogen-bond acceptors (Lipinski definition) is 4. The van der Waals surface area contributed by atoms with E-state index in [0.717, 1.165) is 4.90 Å². The Morgan fingerprint density at radius 3 is 2.57 bits per heavy atom. The fourth-order valence-electron chi connectivity index (χ4n) is 3.13. The molecule has 1 aliphatic heterocycles. The van der Waals surface area contributed by atoms with Crippen LogP contribution in [0, 0.1) is 0 Å². The van der Waals surface area contributed by atoms with Gasteiger partial charge in [0.2, 0.25) is 5.91 Å². The van der Waals surface area contributed by atoms with Crippen LogP contribution < -0.4 is 16.0 Å². The van der Waals surface area contributed by atoms with Crippen molar-refractivity contribution in [2.24, 2.45) is 5.73 Å². The second-order valence-corrected chi connectivity index (χ2v) is 6.87. The average molecular weight is 428 g/mol. The second-order valence-electron chi connectivity index (χ2n) is 6.87. The van der Waals surface area contributed by atoms with Gasteiger partial charge in [0.25, 0.3) is 11.8 Å². The van der Waals surface area contributed by atoms with E-state index in [1.165, 1.54) is 24.3 Å². The van der Waals surface area contributed by atoms with E-state index >= 15 is 0 Å². The normalized spacial score (nSPS) is 16.2. The van der Waals surface area contributed by atoms with Gasteiger partial charge in [0.05, 0.1) is 17.7 Å². The molecule has 1 aromatic carbocycles. The van der Waals surface area contributed by atoms with Crippen LogP contribution in [0.1, 0.15) is 39.1 Å². The van der Waals surface area contributed by atoms with Crippen LogP contribution in [0.2, 0.25) is 0 Å². The van der Waals surface area contributed by atoms with E-state index in [1.54, 1.807) is 0 Å². The second kappa shape index (κ2) is 7.88. The summed E-state index contributed by atoms with van der Waals surface area (Å²) in [5.74, 6) is -5.07. The van der Waals surface area contributed by atoms with E-state index in [2.05, 4.69) is 10.3 Å². The van der Waals surface area contributed by atoms with Gasteiger partial charge in [-0.05, 0) is 30.7 Å². The number of piperidine rings is 1. The number of anilines is 2. The Kier molecular flexibility index (Phi) is 5.64. The van der Waals surface area contributed by atoms with Gasteiger partial charge in [0, 0.05) is 30.4 Å². The number of benzene rings is 1. The summed E-state index contributed by atoms with van der Waals surface area (Å²) in [5, 5.41) is 2.36. The Bertz CT molecular complexity index is 978. The first-order chi connectivity index (χ1) is 14.0. The highest BCUT2D eigenvalue weighted by Gasteiger charge is 2.38. The van der Waals surface area contributed by atoms with Crippen molar-refractivity contribution >= 4 is 23.3 Å².